The molecule has 5 nitrogen and oxygen atoms in total. The molecule has 1 unspecified atom stereocenters. The molecule has 0 radical (unpaired) electrons. The van der Waals surface area contributed by atoms with Crippen LogP contribution in [0.15, 0.2) is 30.3 Å². The van der Waals surface area contributed by atoms with Gasteiger partial charge in [0.25, 0.3) is 0 Å². The van der Waals surface area contributed by atoms with Crippen LogP contribution in [-0.2, 0) is 16.1 Å². The van der Waals surface area contributed by atoms with Crippen LogP contribution in [0.25, 0.3) is 0 Å². The molecule has 0 spiro atoms. The number of likely N-dealkylation sites (tertiary alicyclic amines) is 2. The molecule has 1 aliphatic carbocycles. The zero-order valence-corrected chi connectivity index (χ0v) is 15.4. The molecule has 1 atom stereocenters. The molecule has 26 heavy (non-hydrogen) atoms. The summed E-state index contributed by atoms with van der Waals surface area (Å²) in [6.07, 6.45) is 5.48. The van der Waals surface area contributed by atoms with Crippen molar-refractivity contribution in [3.05, 3.63) is 35.9 Å². The molecule has 3 aliphatic rings. The second kappa shape index (κ2) is 7.78. The zero-order valence-electron chi connectivity index (χ0n) is 15.4. The van der Waals surface area contributed by atoms with E-state index in [1.807, 2.05) is 4.90 Å². The molecule has 4 rings (SSSR count). The van der Waals surface area contributed by atoms with E-state index in [2.05, 4.69) is 40.5 Å². The van der Waals surface area contributed by atoms with Gasteiger partial charge in [-0.05, 0) is 37.7 Å². The Morgan fingerprint density at radius 1 is 1.04 bits per heavy atom. The van der Waals surface area contributed by atoms with E-state index in [0.29, 0.717) is 25.4 Å². The van der Waals surface area contributed by atoms with Crippen LogP contribution in [0.3, 0.4) is 0 Å². The van der Waals surface area contributed by atoms with Gasteiger partial charge in [0.05, 0.1) is 5.92 Å². The summed E-state index contributed by atoms with van der Waals surface area (Å²) in [6.45, 7) is 3.67. The van der Waals surface area contributed by atoms with Crippen molar-refractivity contribution < 1.29 is 9.59 Å². The van der Waals surface area contributed by atoms with E-state index >= 15 is 0 Å². The quantitative estimate of drug-likeness (QED) is 0.881. The first-order valence-corrected chi connectivity index (χ1v) is 10.0. The molecule has 2 amide bonds. The first-order valence-electron chi connectivity index (χ1n) is 10.0. The van der Waals surface area contributed by atoms with Gasteiger partial charge < -0.3 is 10.2 Å². The summed E-state index contributed by atoms with van der Waals surface area (Å²) in [5, 5.41) is 3.26. The molecule has 2 saturated heterocycles. The molecule has 2 aliphatic heterocycles. The monoisotopic (exact) mass is 355 g/mol. The van der Waals surface area contributed by atoms with Gasteiger partial charge in [-0.3, -0.25) is 14.5 Å². The van der Waals surface area contributed by atoms with Crippen molar-refractivity contribution in [3.8, 4) is 0 Å². The van der Waals surface area contributed by atoms with Crippen LogP contribution in [0.5, 0.6) is 0 Å². The maximum absolute atomic E-state index is 12.7. The lowest BCUT2D eigenvalue weighted by atomic mass is 9.95. The smallest absolute Gasteiger partial charge is 0.225 e. The van der Waals surface area contributed by atoms with Gasteiger partial charge in [0, 0.05) is 44.7 Å². The Bertz CT molecular complexity index is 636. The zero-order chi connectivity index (χ0) is 17.9. The Morgan fingerprint density at radius 3 is 2.46 bits per heavy atom. The first-order chi connectivity index (χ1) is 12.7. The number of hydrogen-bond donors (Lipinski definition) is 1. The highest BCUT2D eigenvalue weighted by atomic mass is 16.2. The summed E-state index contributed by atoms with van der Waals surface area (Å²) < 4.78 is 0. The van der Waals surface area contributed by atoms with Gasteiger partial charge in [-0.15, -0.1) is 0 Å². The van der Waals surface area contributed by atoms with E-state index in [4.69, 9.17) is 0 Å². The van der Waals surface area contributed by atoms with Gasteiger partial charge in [-0.1, -0.05) is 30.3 Å². The molecule has 0 bridgehead atoms. The van der Waals surface area contributed by atoms with Gasteiger partial charge in [-0.25, -0.2) is 0 Å². The van der Waals surface area contributed by atoms with Crippen molar-refractivity contribution in [2.45, 2.75) is 57.2 Å². The van der Waals surface area contributed by atoms with Gasteiger partial charge in [0.15, 0.2) is 0 Å². The third-order valence-electron chi connectivity index (χ3n) is 5.99. The standard InChI is InChI=1S/C21H29N3O2/c25-20-9-6-17(15-24(20)19-7-8-19)21(26)22-18-10-12-23(13-11-18)14-16-4-2-1-3-5-16/h1-5,17-19H,6-15H2,(H,22,26). The summed E-state index contributed by atoms with van der Waals surface area (Å²) in [6, 6.07) is 11.3. The normalized spacial score (nSPS) is 25.3. The number of piperidine rings is 2. The van der Waals surface area contributed by atoms with Crippen molar-refractivity contribution in [1.29, 1.82) is 0 Å². The third kappa shape index (κ3) is 4.26. The molecule has 1 N–H and O–H groups in total. The highest BCUT2D eigenvalue weighted by molar-refractivity contribution is 5.84. The number of nitrogens with zero attached hydrogens (tertiary/aromatic N) is 2. The number of benzene rings is 1. The second-order valence-corrected chi connectivity index (χ2v) is 8.06. The van der Waals surface area contributed by atoms with Crippen molar-refractivity contribution >= 4 is 11.8 Å². The van der Waals surface area contributed by atoms with Crippen LogP contribution in [0, 0.1) is 5.92 Å². The minimum absolute atomic E-state index is 0.0179. The fourth-order valence-electron chi connectivity index (χ4n) is 4.22. The Morgan fingerprint density at radius 2 is 1.77 bits per heavy atom. The van der Waals surface area contributed by atoms with E-state index in [0.717, 1.165) is 45.3 Å². The second-order valence-electron chi connectivity index (χ2n) is 8.06. The summed E-state index contributed by atoms with van der Waals surface area (Å²) >= 11 is 0. The molecule has 1 aromatic carbocycles. The summed E-state index contributed by atoms with van der Waals surface area (Å²) in [5.74, 6) is 0.381. The van der Waals surface area contributed by atoms with Crippen LogP contribution in [0.1, 0.15) is 44.1 Å². The lowest BCUT2D eigenvalue weighted by Crippen LogP contribution is -2.50. The van der Waals surface area contributed by atoms with Crippen LogP contribution < -0.4 is 5.32 Å². The first kappa shape index (κ1) is 17.5. The number of rotatable bonds is 5. The number of carbonyl (C=O) groups excluding carboxylic acids is 2. The Labute approximate surface area is 155 Å². The molecule has 1 aromatic rings. The number of carbonyl (C=O) groups is 2. The largest absolute Gasteiger partial charge is 0.353 e. The van der Waals surface area contributed by atoms with E-state index < -0.39 is 0 Å². The molecule has 3 fully saturated rings. The number of hydrogen-bond acceptors (Lipinski definition) is 3. The van der Waals surface area contributed by atoms with Crippen LogP contribution in [-0.4, -0.2) is 53.3 Å². The predicted octanol–water partition coefficient (Wildman–Crippen LogP) is 2.17. The van der Waals surface area contributed by atoms with E-state index in [-0.39, 0.29) is 23.8 Å². The number of amides is 2. The predicted molar refractivity (Wildman–Crippen MR) is 100 cm³/mol. The molecule has 1 saturated carbocycles. The summed E-state index contributed by atoms with van der Waals surface area (Å²) in [5.41, 5.74) is 1.35. The summed E-state index contributed by atoms with van der Waals surface area (Å²) in [7, 11) is 0. The van der Waals surface area contributed by atoms with E-state index in [1.165, 1.54) is 5.56 Å². The molecule has 0 aromatic heterocycles. The number of nitrogens with one attached hydrogen (secondary N) is 1. The minimum atomic E-state index is -0.0179. The molecular weight excluding hydrogens is 326 g/mol. The van der Waals surface area contributed by atoms with E-state index in [1.54, 1.807) is 0 Å². The molecular formula is C21H29N3O2. The average molecular weight is 355 g/mol. The molecule has 5 heteroatoms. The summed E-state index contributed by atoms with van der Waals surface area (Å²) in [4.78, 5) is 29.1. The fourth-order valence-corrected chi connectivity index (χ4v) is 4.22. The Hall–Kier alpha value is -1.88. The maximum atomic E-state index is 12.7. The topological polar surface area (TPSA) is 52.7 Å². The lowest BCUT2D eigenvalue weighted by Gasteiger charge is -2.35. The van der Waals surface area contributed by atoms with Crippen LogP contribution in [0.2, 0.25) is 0 Å². The highest BCUT2D eigenvalue weighted by Gasteiger charge is 2.39. The van der Waals surface area contributed by atoms with Crippen LogP contribution >= 0.6 is 0 Å². The minimum Gasteiger partial charge on any atom is -0.353 e. The van der Waals surface area contributed by atoms with Gasteiger partial charge >= 0.3 is 0 Å². The van der Waals surface area contributed by atoms with Gasteiger partial charge in [0.1, 0.15) is 0 Å². The maximum Gasteiger partial charge on any atom is 0.225 e. The molecule has 140 valence electrons. The molecule has 2 heterocycles. The van der Waals surface area contributed by atoms with Crippen molar-refractivity contribution in [1.82, 2.24) is 15.1 Å². The van der Waals surface area contributed by atoms with Crippen molar-refractivity contribution in [3.63, 3.8) is 0 Å². The lowest BCUT2D eigenvalue weighted by molar-refractivity contribution is -0.139. The Balaban J connectivity index is 1.22. The third-order valence-corrected chi connectivity index (χ3v) is 5.99. The van der Waals surface area contributed by atoms with Crippen molar-refractivity contribution in [2.24, 2.45) is 5.92 Å². The highest BCUT2D eigenvalue weighted by Crippen LogP contribution is 2.31. The van der Waals surface area contributed by atoms with Gasteiger partial charge in [-0.2, -0.15) is 0 Å². The van der Waals surface area contributed by atoms with E-state index in [9.17, 15) is 9.59 Å². The van der Waals surface area contributed by atoms with Crippen molar-refractivity contribution in [2.75, 3.05) is 19.6 Å². The Kier molecular flexibility index (Phi) is 5.25. The SMILES string of the molecule is O=C(NC1CCN(Cc2ccccc2)CC1)C1CCC(=O)N(C2CC2)C1. The van der Waals surface area contributed by atoms with Crippen LogP contribution in [0.4, 0.5) is 0 Å². The van der Waals surface area contributed by atoms with Gasteiger partial charge in [0.2, 0.25) is 11.8 Å². The average Bonchev–Trinajstić information content (AvgIpc) is 3.49. The fraction of sp³-hybridized carbons (Fsp3) is 0.619.